The average molecular weight is 326 g/mol. The molecule has 0 aliphatic carbocycles. The third-order valence-electron chi connectivity index (χ3n) is 4.32. The first-order valence-electron chi connectivity index (χ1n) is 8.03. The quantitative estimate of drug-likeness (QED) is 0.901. The molecular weight excluding hydrogens is 304 g/mol. The van der Waals surface area contributed by atoms with Gasteiger partial charge in [-0.3, -0.25) is 4.79 Å². The van der Waals surface area contributed by atoms with Crippen LogP contribution in [0.2, 0.25) is 0 Å². The molecule has 1 aliphatic rings. The third kappa shape index (κ3) is 3.02. The Morgan fingerprint density at radius 3 is 2.67 bits per heavy atom. The maximum absolute atomic E-state index is 12.8. The molecule has 5 heteroatoms. The van der Waals surface area contributed by atoms with E-state index in [1.54, 1.807) is 20.3 Å². The van der Waals surface area contributed by atoms with Crippen LogP contribution in [0.5, 0.6) is 11.5 Å². The Kier molecular flexibility index (Phi) is 4.60. The van der Waals surface area contributed by atoms with Gasteiger partial charge in [-0.15, -0.1) is 0 Å². The highest BCUT2D eigenvalue weighted by Crippen LogP contribution is 2.33. The van der Waals surface area contributed by atoms with Gasteiger partial charge in [-0.1, -0.05) is 6.07 Å². The Morgan fingerprint density at radius 1 is 1.17 bits per heavy atom. The molecule has 0 saturated carbocycles. The molecule has 2 aromatic rings. The first-order valence-corrected chi connectivity index (χ1v) is 8.03. The SMILES string of the molecule is COc1cc(C)c(NC(=O)c2cccc3c2CCCN3)cc1OC. The van der Waals surface area contributed by atoms with Gasteiger partial charge >= 0.3 is 0 Å². The molecule has 3 rings (SSSR count). The predicted molar refractivity (Wildman–Crippen MR) is 95.5 cm³/mol. The van der Waals surface area contributed by atoms with Gasteiger partial charge in [0.25, 0.3) is 5.91 Å². The number of amides is 1. The smallest absolute Gasteiger partial charge is 0.256 e. The maximum atomic E-state index is 12.8. The van der Waals surface area contributed by atoms with Gasteiger partial charge in [0, 0.05) is 29.5 Å². The summed E-state index contributed by atoms with van der Waals surface area (Å²) in [6.07, 6.45) is 1.95. The number of fused-ring (bicyclic) bond motifs is 1. The van der Waals surface area contributed by atoms with Crippen molar-refractivity contribution in [1.29, 1.82) is 0 Å². The molecule has 5 nitrogen and oxygen atoms in total. The zero-order valence-electron chi connectivity index (χ0n) is 14.2. The lowest BCUT2D eigenvalue weighted by Crippen LogP contribution is -2.19. The van der Waals surface area contributed by atoms with Crippen LogP contribution >= 0.6 is 0 Å². The highest BCUT2D eigenvalue weighted by molar-refractivity contribution is 6.06. The van der Waals surface area contributed by atoms with Crippen LogP contribution in [0, 0.1) is 6.92 Å². The minimum absolute atomic E-state index is 0.106. The number of benzene rings is 2. The molecule has 1 amide bonds. The largest absolute Gasteiger partial charge is 0.493 e. The Hall–Kier alpha value is -2.69. The van der Waals surface area contributed by atoms with Crippen LogP contribution in [-0.2, 0) is 6.42 Å². The molecule has 126 valence electrons. The average Bonchev–Trinajstić information content (AvgIpc) is 2.62. The molecule has 0 fully saturated rings. The van der Waals surface area contributed by atoms with Gasteiger partial charge in [0.05, 0.1) is 14.2 Å². The van der Waals surface area contributed by atoms with Gasteiger partial charge in [0.2, 0.25) is 0 Å². The van der Waals surface area contributed by atoms with Crippen molar-refractivity contribution >= 4 is 17.3 Å². The summed E-state index contributed by atoms with van der Waals surface area (Å²) in [6.45, 7) is 2.88. The topological polar surface area (TPSA) is 59.6 Å². The van der Waals surface area contributed by atoms with E-state index in [0.717, 1.165) is 41.9 Å². The summed E-state index contributed by atoms with van der Waals surface area (Å²) in [6, 6.07) is 9.45. The number of carbonyl (C=O) groups excluding carboxylic acids is 1. The molecule has 0 radical (unpaired) electrons. The molecule has 0 bridgehead atoms. The van der Waals surface area contributed by atoms with Gasteiger partial charge in [-0.25, -0.2) is 0 Å². The maximum Gasteiger partial charge on any atom is 0.256 e. The molecule has 0 saturated heterocycles. The van der Waals surface area contributed by atoms with Crippen molar-refractivity contribution in [3.05, 3.63) is 47.0 Å². The van der Waals surface area contributed by atoms with Crippen molar-refractivity contribution < 1.29 is 14.3 Å². The van der Waals surface area contributed by atoms with Gasteiger partial charge < -0.3 is 20.1 Å². The minimum Gasteiger partial charge on any atom is -0.493 e. The van der Waals surface area contributed by atoms with Gasteiger partial charge in [0.15, 0.2) is 11.5 Å². The molecule has 1 aliphatic heterocycles. The van der Waals surface area contributed by atoms with Crippen LogP contribution in [0.1, 0.15) is 27.9 Å². The number of hydrogen-bond acceptors (Lipinski definition) is 4. The van der Waals surface area contributed by atoms with Crippen LogP contribution in [0.3, 0.4) is 0 Å². The van der Waals surface area contributed by atoms with Gasteiger partial charge in [-0.05, 0) is 49.1 Å². The molecular formula is C19H22N2O3. The second-order valence-corrected chi connectivity index (χ2v) is 5.84. The fraction of sp³-hybridized carbons (Fsp3) is 0.316. The Bertz CT molecular complexity index is 771. The lowest BCUT2D eigenvalue weighted by molar-refractivity contribution is 0.102. The number of methoxy groups -OCH3 is 2. The molecule has 1 heterocycles. The predicted octanol–water partition coefficient (Wildman–Crippen LogP) is 3.62. The highest BCUT2D eigenvalue weighted by atomic mass is 16.5. The Labute approximate surface area is 142 Å². The number of ether oxygens (including phenoxy) is 2. The summed E-state index contributed by atoms with van der Waals surface area (Å²) in [5, 5.41) is 6.35. The van der Waals surface area contributed by atoms with Crippen molar-refractivity contribution in [3.63, 3.8) is 0 Å². The fourth-order valence-corrected chi connectivity index (χ4v) is 3.03. The van der Waals surface area contributed by atoms with E-state index in [9.17, 15) is 4.79 Å². The normalized spacial score (nSPS) is 12.8. The first-order chi connectivity index (χ1) is 11.6. The lowest BCUT2D eigenvalue weighted by atomic mass is 9.97. The standard InChI is InChI=1S/C19H22N2O3/c1-12-10-17(23-2)18(24-3)11-16(12)21-19(22)14-6-4-8-15-13(14)7-5-9-20-15/h4,6,8,10-11,20H,5,7,9H2,1-3H3,(H,21,22). The van der Waals surface area contributed by atoms with E-state index in [2.05, 4.69) is 10.6 Å². The van der Waals surface area contributed by atoms with Gasteiger partial charge in [0.1, 0.15) is 0 Å². The van der Waals surface area contributed by atoms with Crippen molar-refractivity contribution in [1.82, 2.24) is 0 Å². The minimum atomic E-state index is -0.106. The van der Waals surface area contributed by atoms with E-state index < -0.39 is 0 Å². The molecule has 0 spiro atoms. The lowest BCUT2D eigenvalue weighted by Gasteiger charge is -2.21. The van der Waals surface area contributed by atoms with Crippen molar-refractivity contribution in [2.45, 2.75) is 19.8 Å². The summed E-state index contributed by atoms with van der Waals surface area (Å²) in [4.78, 5) is 12.8. The number of nitrogens with one attached hydrogen (secondary N) is 2. The summed E-state index contributed by atoms with van der Waals surface area (Å²) in [5.74, 6) is 1.13. The van der Waals surface area contributed by atoms with E-state index in [1.807, 2.05) is 31.2 Å². The number of carbonyl (C=O) groups is 1. The number of rotatable bonds is 4. The van der Waals surface area contributed by atoms with Gasteiger partial charge in [-0.2, -0.15) is 0 Å². The Morgan fingerprint density at radius 2 is 1.92 bits per heavy atom. The van der Waals surface area contributed by atoms with E-state index in [1.165, 1.54) is 0 Å². The zero-order chi connectivity index (χ0) is 17.1. The third-order valence-corrected chi connectivity index (χ3v) is 4.32. The van der Waals surface area contributed by atoms with E-state index >= 15 is 0 Å². The molecule has 2 N–H and O–H groups in total. The molecule has 0 aromatic heterocycles. The molecule has 24 heavy (non-hydrogen) atoms. The summed E-state index contributed by atoms with van der Waals surface area (Å²) < 4.78 is 10.6. The number of anilines is 2. The number of hydrogen-bond donors (Lipinski definition) is 2. The molecule has 2 aromatic carbocycles. The summed E-state index contributed by atoms with van der Waals surface area (Å²) in [5.41, 5.74) is 4.49. The van der Waals surface area contributed by atoms with Crippen LogP contribution in [-0.4, -0.2) is 26.7 Å². The van der Waals surface area contributed by atoms with Crippen LogP contribution < -0.4 is 20.1 Å². The monoisotopic (exact) mass is 326 g/mol. The summed E-state index contributed by atoms with van der Waals surface area (Å²) >= 11 is 0. The van der Waals surface area contributed by atoms with Crippen LogP contribution in [0.4, 0.5) is 11.4 Å². The van der Waals surface area contributed by atoms with Crippen molar-refractivity contribution in [2.24, 2.45) is 0 Å². The van der Waals surface area contributed by atoms with Crippen molar-refractivity contribution in [2.75, 3.05) is 31.4 Å². The second kappa shape index (κ2) is 6.83. The van der Waals surface area contributed by atoms with Crippen LogP contribution in [0.25, 0.3) is 0 Å². The van der Waals surface area contributed by atoms with E-state index in [4.69, 9.17) is 9.47 Å². The second-order valence-electron chi connectivity index (χ2n) is 5.84. The van der Waals surface area contributed by atoms with E-state index in [-0.39, 0.29) is 5.91 Å². The van der Waals surface area contributed by atoms with Crippen molar-refractivity contribution in [3.8, 4) is 11.5 Å². The molecule has 0 unspecified atom stereocenters. The highest BCUT2D eigenvalue weighted by Gasteiger charge is 2.18. The zero-order valence-corrected chi connectivity index (χ0v) is 14.2. The Balaban J connectivity index is 1.91. The molecule has 0 atom stereocenters. The first kappa shape index (κ1) is 16.2. The fourth-order valence-electron chi connectivity index (χ4n) is 3.03. The number of aryl methyl sites for hydroxylation is 1. The van der Waals surface area contributed by atoms with E-state index in [0.29, 0.717) is 17.1 Å². The summed E-state index contributed by atoms with van der Waals surface area (Å²) in [7, 11) is 3.18. The van der Waals surface area contributed by atoms with Crippen LogP contribution in [0.15, 0.2) is 30.3 Å².